The third-order valence-corrected chi connectivity index (χ3v) is 5.19. The van der Waals surface area contributed by atoms with Crippen molar-refractivity contribution in [3.05, 3.63) is 53.1 Å². The van der Waals surface area contributed by atoms with Crippen molar-refractivity contribution in [2.45, 2.75) is 32.2 Å². The molecule has 2 heterocycles. The minimum atomic E-state index is 0.155. The van der Waals surface area contributed by atoms with E-state index in [0.717, 1.165) is 41.3 Å². The molecular weight excluding hydrogens is 284 g/mol. The molecule has 0 aromatic heterocycles. The molecule has 1 amide bonds. The second-order valence-electron chi connectivity index (χ2n) is 6.39. The summed E-state index contributed by atoms with van der Waals surface area (Å²) < 4.78 is 0. The van der Waals surface area contributed by atoms with Crippen molar-refractivity contribution in [3.8, 4) is 6.07 Å². The van der Waals surface area contributed by atoms with Crippen LogP contribution in [-0.2, 0) is 4.79 Å². The van der Waals surface area contributed by atoms with E-state index < -0.39 is 0 Å². The van der Waals surface area contributed by atoms with Crippen LogP contribution in [0.25, 0.3) is 16.3 Å². The summed E-state index contributed by atoms with van der Waals surface area (Å²) in [6.07, 6.45) is 3.35. The van der Waals surface area contributed by atoms with Gasteiger partial charge in [0.2, 0.25) is 0 Å². The molecule has 1 saturated heterocycles. The lowest BCUT2D eigenvalue weighted by atomic mass is 9.92. The number of carbonyl (C=O) groups excluding carboxylic acids is 1. The fourth-order valence-electron chi connectivity index (χ4n) is 4.05. The van der Waals surface area contributed by atoms with Gasteiger partial charge < -0.3 is 4.90 Å². The van der Waals surface area contributed by atoms with Crippen molar-refractivity contribution in [1.82, 2.24) is 4.90 Å². The van der Waals surface area contributed by atoms with Crippen molar-refractivity contribution in [3.63, 3.8) is 0 Å². The second-order valence-corrected chi connectivity index (χ2v) is 6.39. The first kappa shape index (κ1) is 14.0. The van der Waals surface area contributed by atoms with E-state index >= 15 is 0 Å². The molecule has 1 unspecified atom stereocenters. The molecule has 2 aliphatic rings. The van der Waals surface area contributed by atoms with Crippen LogP contribution in [0.3, 0.4) is 0 Å². The highest BCUT2D eigenvalue weighted by Gasteiger charge is 2.39. The fourth-order valence-corrected chi connectivity index (χ4v) is 4.05. The molecule has 3 heteroatoms. The van der Waals surface area contributed by atoms with Gasteiger partial charge in [0, 0.05) is 17.5 Å². The average Bonchev–Trinajstić information content (AvgIpc) is 2.85. The summed E-state index contributed by atoms with van der Waals surface area (Å²) in [7, 11) is 0. The predicted octanol–water partition coefficient (Wildman–Crippen LogP) is 3.88. The van der Waals surface area contributed by atoms with Gasteiger partial charge in [-0.1, -0.05) is 30.3 Å². The Morgan fingerprint density at radius 3 is 2.65 bits per heavy atom. The summed E-state index contributed by atoms with van der Waals surface area (Å²) in [5.74, 6) is 0.155. The van der Waals surface area contributed by atoms with Gasteiger partial charge in [0.15, 0.2) is 0 Å². The minimum absolute atomic E-state index is 0.155. The van der Waals surface area contributed by atoms with E-state index in [1.165, 1.54) is 12.0 Å². The number of fused-ring (bicyclic) bond motifs is 2. The van der Waals surface area contributed by atoms with Crippen LogP contribution in [0.5, 0.6) is 0 Å². The Bertz CT molecular complexity index is 888. The van der Waals surface area contributed by atoms with Gasteiger partial charge in [0.05, 0.1) is 17.7 Å². The van der Waals surface area contributed by atoms with Crippen LogP contribution in [0.4, 0.5) is 0 Å². The van der Waals surface area contributed by atoms with Crippen LogP contribution in [0.1, 0.15) is 37.3 Å². The van der Waals surface area contributed by atoms with Crippen LogP contribution in [0.2, 0.25) is 0 Å². The summed E-state index contributed by atoms with van der Waals surface area (Å²) in [5.41, 5.74) is 3.66. The molecule has 0 radical (unpaired) electrons. The lowest BCUT2D eigenvalue weighted by molar-refractivity contribution is -0.126. The van der Waals surface area contributed by atoms with Crippen LogP contribution in [0, 0.1) is 11.3 Å². The molecule has 2 aromatic rings. The Kier molecular flexibility index (Phi) is 3.20. The van der Waals surface area contributed by atoms with Gasteiger partial charge >= 0.3 is 0 Å². The van der Waals surface area contributed by atoms with Crippen molar-refractivity contribution in [2.24, 2.45) is 0 Å². The van der Waals surface area contributed by atoms with Gasteiger partial charge in [-0.15, -0.1) is 0 Å². The van der Waals surface area contributed by atoms with Gasteiger partial charge in [-0.3, -0.25) is 4.79 Å². The second kappa shape index (κ2) is 5.24. The number of rotatable bonds is 1. The van der Waals surface area contributed by atoms with E-state index in [9.17, 15) is 10.1 Å². The third-order valence-electron chi connectivity index (χ3n) is 5.19. The predicted molar refractivity (Wildman–Crippen MR) is 90.6 cm³/mol. The molecule has 1 fully saturated rings. The van der Waals surface area contributed by atoms with Crippen LogP contribution < -0.4 is 0 Å². The van der Waals surface area contributed by atoms with E-state index in [0.29, 0.717) is 5.56 Å². The highest BCUT2D eigenvalue weighted by molar-refractivity contribution is 6.26. The number of piperidine rings is 1. The highest BCUT2D eigenvalue weighted by atomic mass is 16.2. The molecule has 4 rings (SSSR count). The molecule has 2 aromatic carbocycles. The quantitative estimate of drug-likeness (QED) is 0.802. The smallest absolute Gasteiger partial charge is 0.255 e. The standard InChI is InChI=1S/C20H18N2O/c1-13-18-8-4-5-11-22(18)20(23)19(13)17-10-9-14(12-21)15-6-2-3-7-16(15)17/h2-3,6-7,9-10,18H,4-5,8,11H2,1H3. The summed E-state index contributed by atoms with van der Waals surface area (Å²) >= 11 is 0. The normalized spacial score (nSPS) is 20.8. The van der Waals surface area contributed by atoms with Crippen LogP contribution >= 0.6 is 0 Å². The molecule has 114 valence electrons. The molecule has 1 atom stereocenters. The Hall–Kier alpha value is -2.60. The highest BCUT2D eigenvalue weighted by Crippen LogP contribution is 2.39. The van der Waals surface area contributed by atoms with Gasteiger partial charge in [-0.2, -0.15) is 5.26 Å². The summed E-state index contributed by atoms with van der Waals surface area (Å²) in [6.45, 7) is 2.95. The van der Waals surface area contributed by atoms with Gasteiger partial charge in [0.25, 0.3) is 5.91 Å². The Labute approximate surface area is 135 Å². The molecule has 0 N–H and O–H groups in total. The van der Waals surface area contributed by atoms with E-state index in [1.807, 2.05) is 41.3 Å². The Morgan fingerprint density at radius 1 is 1.13 bits per heavy atom. The lowest BCUT2D eigenvalue weighted by Gasteiger charge is -2.30. The molecule has 0 saturated carbocycles. The SMILES string of the molecule is CC1=C(c2ccc(C#N)c3ccccc23)C(=O)N2CCCCC12. The third kappa shape index (κ3) is 1.98. The summed E-state index contributed by atoms with van der Waals surface area (Å²) in [4.78, 5) is 15.0. The summed E-state index contributed by atoms with van der Waals surface area (Å²) in [6, 6.07) is 14.2. The maximum absolute atomic E-state index is 13.0. The number of nitriles is 1. The maximum Gasteiger partial charge on any atom is 0.255 e. The van der Waals surface area contributed by atoms with Crippen molar-refractivity contribution >= 4 is 22.3 Å². The number of carbonyl (C=O) groups is 1. The van der Waals surface area contributed by atoms with E-state index in [1.54, 1.807) is 0 Å². The molecule has 0 bridgehead atoms. The number of benzene rings is 2. The molecular formula is C20H18N2O. The van der Waals surface area contributed by atoms with E-state index in [4.69, 9.17) is 0 Å². The fraction of sp³-hybridized carbons (Fsp3) is 0.300. The zero-order chi connectivity index (χ0) is 16.0. The van der Waals surface area contributed by atoms with Gasteiger partial charge in [-0.05, 0) is 48.8 Å². The Balaban J connectivity index is 1.95. The molecule has 0 spiro atoms. The van der Waals surface area contributed by atoms with Crippen LogP contribution in [0.15, 0.2) is 42.0 Å². The molecule has 0 aliphatic carbocycles. The van der Waals surface area contributed by atoms with E-state index in [2.05, 4.69) is 13.0 Å². The monoisotopic (exact) mass is 302 g/mol. The first-order valence-electron chi connectivity index (χ1n) is 8.16. The topological polar surface area (TPSA) is 44.1 Å². The number of nitrogens with zero attached hydrogens (tertiary/aromatic N) is 2. The maximum atomic E-state index is 13.0. The van der Waals surface area contributed by atoms with Crippen molar-refractivity contribution < 1.29 is 4.79 Å². The number of hydrogen-bond donors (Lipinski definition) is 0. The molecule has 3 nitrogen and oxygen atoms in total. The van der Waals surface area contributed by atoms with Gasteiger partial charge in [0.1, 0.15) is 0 Å². The number of amides is 1. The number of hydrogen-bond acceptors (Lipinski definition) is 2. The minimum Gasteiger partial charge on any atom is -0.332 e. The summed E-state index contributed by atoms with van der Waals surface area (Å²) in [5, 5.41) is 11.2. The first-order chi connectivity index (χ1) is 11.2. The van der Waals surface area contributed by atoms with Crippen LogP contribution in [-0.4, -0.2) is 23.4 Å². The Morgan fingerprint density at radius 2 is 1.91 bits per heavy atom. The zero-order valence-corrected chi connectivity index (χ0v) is 13.2. The molecule has 23 heavy (non-hydrogen) atoms. The van der Waals surface area contributed by atoms with Gasteiger partial charge in [-0.25, -0.2) is 0 Å². The lowest BCUT2D eigenvalue weighted by Crippen LogP contribution is -2.39. The van der Waals surface area contributed by atoms with Crippen molar-refractivity contribution in [1.29, 1.82) is 5.26 Å². The average molecular weight is 302 g/mol. The first-order valence-corrected chi connectivity index (χ1v) is 8.16. The van der Waals surface area contributed by atoms with E-state index in [-0.39, 0.29) is 11.9 Å². The largest absolute Gasteiger partial charge is 0.332 e. The molecule has 2 aliphatic heterocycles. The zero-order valence-electron chi connectivity index (χ0n) is 13.2. The van der Waals surface area contributed by atoms with Crippen molar-refractivity contribution in [2.75, 3.05) is 6.54 Å².